The third-order valence-corrected chi connectivity index (χ3v) is 4.32. The van der Waals surface area contributed by atoms with Gasteiger partial charge in [0.1, 0.15) is 10.6 Å². The first-order valence-electron chi connectivity index (χ1n) is 5.87. The Bertz CT molecular complexity index is 541. The summed E-state index contributed by atoms with van der Waals surface area (Å²) in [4.78, 5) is -0.00361. The predicted octanol–water partition coefficient (Wildman–Crippen LogP) is 0.717. The van der Waals surface area contributed by atoms with E-state index in [4.69, 9.17) is 10.5 Å². The Morgan fingerprint density at radius 3 is 2.63 bits per heavy atom. The summed E-state index contributed by atoms with van der Waals surface area (Å²) in [6, 6.07) is 4.29. The average Bonchev–Trinajstić information content (AvgIpc) is 2.36. The monoisotopic (exact) mass is 288 g/mol. The van der Waals surface area contributed by atoms with Crippen molar-refractivity contribution in [1.29, 1.82) is 0 Å². The van der Waals surface area contributed by atoms with Gasteiger partial charge in [0.15, 0.2) is 0 Å². The van der Waals surface area contributed by atoms with Gasteiger partial charge in [0.2, 0.25) is 10.0 Å². The molecule has 108 valence electrons. The molecule has 0 saturated carbocycles. The SMILES string of the molecule is CCC(C)(O)CNS(=O)(=O)c1ccc(N)cc1OC. The molecular formula is C12H20N2O4S. The van der Waals surface area contributed by atoms with Gasteiger partial charge < -0.3 is 15.6 Å². The maximum Gasteiger partial charge on any atom is 0.244 e. The number of nitrogens with one attached hydrogen (secondary N) is 1. The number of hydrogen-bond acceptors (Lipinski definition) is 5. The van der Waals surface area contributed by atoms with Gasteiger partial charge in [0, 0.05) is 18.3 Å². The molecular weight excluding hydrogens is 268 g/mol. The van der Waals surface area contributed by atoms with Crippen LogP contribution >= 0.6 is 0 Å². The second-order valence-electron chi connectivity index (χ2n) is 4.59. The standard InChI is InChI=1S/C12H20N2O4S/c1-4-12(2,15)8-14-19(16,17)11-6-5-9(13)7-10(11)18-3/h5-7,14-15H,4,8,13H2,1-3H3. The number of sulfonamides is 1. The highest BCUT2D eigenvalue weighted by Gasteiger charge is 2.24. The Morgan fingerprint density at radius 2 is 2.11 bits per heavy atom. The minimum atomic E-state index is -3.75. The molecule has 1 atom stereocenters. The van der Waals surface area contributed by atoms with Crippen LogP contribution in [-0.4, -0.2) is 32.8 Å². The molecule has 0 fully saturated rings. The van der Waals surface area contributed by atoms with Crippen LogP contribution in [0.15, 0.2) is 23.1 Å². The van der Waals surface area contributed by atoms with Gasteiger partial charge >= 0.3 is 0 Å². The topological polar surface area (TPSA) is 102 Å². The highest BCUT2D eigenvalue weighted by molar-refractivity contribution is 7.89. The number of ether oxygens (including phenoxy) is 1. The van der Waals surface area contributed by atoms with Crippen LogP contribution in [0.5, 0.6) is 5.75 Å². The molecule has 0 bridgehead atoms. The van der Waals surface area contributed by atoms with Crippen molar-refractivity contribution >= 4 is 15.7 Å². The minimum Gasteiger partial charge on any atom is -0.495 e. The zero-order valence-corrected chi connectivity index (χ0v) is 12.1. The van der Waals surface area contributed by atoms with E-state index in [2.05, 4.69) is 4.72 Å². The van der Waals surface area contributed by atoms with E-state index in [0.29, 0.717) is 12.1 Å². The third-order valence-electron chi connectivity index (χ3n) is 2.88. The van der Waals surface area contributed by atoms with Gasteiger partial charge in [-0.15, -0.1) is 0 Å². The average molecular weight is 288 g/mol. The summed E-state index contributed by atoms with van der Waals surface area (Å²) in [7, 11) is -2.38. The molecule has 0 aromatic heterocycles. The van der Waals surface area contributed by atoms with E-state index >= 15 is 0 Å². The van der Waals surface area contributed by atoms with Crippen molar-refractivity contribution in [3.63, 3.8) is 0 Å². The molecule has 4 N–H and O–H groups in total. The van der Waals surface area contributed by atoms with Crippen LogP contribution in [0.3, 0.4) is 0 Å². The van der Waals surface area contributed by atoms with Gasteiger partial charge in [-0.1, -0.05) is 6.92 Å². The number of rotatable bonds is 6. The molecule has 0 aliphatic rings. The van der Waals surface area contributed by atoms with Crippen molar-refractivity contribution in [2.75, 3.05) is 19.4 Å². The van der Waals surface area contributed by atoms with Crippen LogP contribution in [0.2, 0.25) is 0 Å². The van der Waals surface area contributed by atoms with Gasteiger partial charge in [0.05, 0.1) is 12.7 Å². The van der Waals surface area contributed by atoms with Crippen molar-refractivity contribution in [3.8, 4) is 5.75 Å². The number of aliphatic hydroxyl groups is 1. The second kappa shape index (κ2) is 5.77. The van der Waals surface area contributed by atoms with Gasteiger partial charge in [0.25, 0.3) is 0 Å². The van der Waals surface area contributed by atoms with Gasteiger partial charge in [-0.25, -0.2) is 13.1 Å². The largest absolute Gasteiger partial charge is 0.495 e. The molecule has 0 saturated heterocycles. The molecule has 0 aliphatic carbocycles. The molecule has 1 aromatic carbocycles. The molecule has 0 aliphatic heterocycles. The lowest BCUT2D eigenvalue weighted by Crippen LogP contribution is -2.40. The van der Waals surface area contributed by atoms with Crippen molar-refractivity contribution in [2.24, 2.45) is 0 Å². The number of benzene rings is 1. The van der Waals surface area contributed by atoms with Crippen molar-refractivity contribution < 1.29 is 18.3 Å². The minimum absolute atomic E-state index is 0.00361. The Balaban J connectivity index is 3.01. The lowest BCUT2D eigenvalue weighted by molar-refractivity contribution is 0.0613. The lowest BCUT2D eigenvalue weighted by atomic mass is 10.1. The molecule has 6 nitrogen and oxygen atoms in total. The fourth-order valence-corrected chi connectivity index (χ4v) is 2.67. The Hall–Kier alpha value is -1.31. The predicted molar refractivity (Wildman–Crippen MR) is 73.5 cm³/mol. The number of hydrogen-bond donors (Lipinski definition) is 3. The number of anilines is 1. The number of nitrogen functional groups attached to an aromatic ring is 1. The van der Waals surface area contributed by atoms with E-state index in [9.17, 15) is 13.5 Å². The van der Waals surface area contributed by atoms with Crippen molar-refractivity contribution in [2.45, 2.75) is 30.8 Å². The molecule has 0 amide bonds. The van der Waals surface area contributed by atoms with E-state index in [-0.39, 0.29) is 17.2 Å². The summed E-state index contributed by atoms with van der Waals surface area (Å²) >= 11 is 0. The first-order chi connectivity index (χ1) is 8.72. The molecule has 1 unspecified atom stereocenters. The summed E-state index contributed by atoms with van der Waals surface area (Å²) in [6.07, 6.45) is 0.439. The zero-order chi connectivity index (χ0) is 14.7. The molecule has 19 heavy (non-hydrogen) atoms. The number of methoxy groups -OCH3 is 1. The van der Waals surface area contributed by atoms with Crippen LogP contribution in [0, 0.1) is 0 Å². The van der Waals surface area contributed by atoms with Crippen molar-refractivity contribution in [1.82, 2.24) is 4.72 Å². The second-order valence-corrected chi connectivity index (χ2v) is 6.32. The quantitative estimate of drug-likeness (QED) is 0.669. The van der Waals surface area contributed by atoms with Gasteiger partial charge in [-0.2, -0.15) is 0 Å². The molecule has 0 heterocycles. The van der Waals surface area contributed by atoms with Crippen LogP contribution in [0.25, 0.3) is 0 Å². The van der Waals surface area contributed by atoms with Gasteiger partial charge in [-0.05, 0) is 25.5 Å². The Labute approximate surface area is 113 Å². The highest BCUT2D eigenvalue weighted by Crippen LogP contribution is 2.26. The number of nitrogens with two attached hydrogens (primary N) is 1. The van der Waals surface area contributed by atoms with Crippen LogP contribution in [-0.2, 0) is 10.0 Å². The summed E-state index contributed by atoms with van der Waals surface area (Å²) < 4.78 is 31.7. The summed E-state index contributed by atoms with van der Waals surface area (Å²) in [6.45, 7) is 3.27. The van der Waals surface area contributed by atoms with E-state index < -0.39 is 15.6 Å². The van der Waals surface area contributed by atoms with Crippen molar-refractivity contribution in [3.05, 3.63) is 18.2 Å². The fraction of sp³-hybridized carbons (Fsp3) is 0.500. The van der Waals surface area contributed by atoms with E-state index in [1.165, 1.54) is 25.3 Å². The smallest absolute Gasteiger partial charge is 0.244 e. The van der Waals surface area contributed by atoms with Crippen LogP contribution < -0.4 is 15.2 Å². The molecule has 1 rings (SSSR count). The Kier molecular flexibility index (Phi) is 4.78. The molecule has 7 heteroatoms. The maximum atomic E-state index is 12.1. The maximum absolute atomic E-state index is 12.1. The van der Waals surface area contributed by atoms with E-state index in [0.717, 1.165) is 0 Å². The summed E-state index contributed by atoms with van der Waals surface area (Å²) in [5.41, 5.74) is 4.90. The lowest BCUT2D eigenvalue weighted by Gasteiger charge is -2.21. The summed E-state index contributed by atoms with van der Waals surface area (Å²) in [5, 5.41) is 9.83. The molecule has 0 spiro atoms. The fourth-order valence-electron chi connectivity index (χ4n) is 1.36. The highest BCUT2D eigenvalue weighted by atomic mass is 32.2. The van der Waals surface area contributed by atoms with E-state index in [1.807, 2.05) is 0 Å². The first kappa shape index (κ1) is 15.7. The third kappa shape index (κ3) is 4.09. The zero-order valence-electron chi connectivity index (χ0n) is 11.3. The van der Waals surface area contributed by atoms with E-state index in [1.54, 1.807) is 13.8 Å². The molecule has 0 radical (unpaired) electrons. The summed E-state index contributed by atoms with van der Waals surface area (Å²) in [5.74, 6) is 0.170. The van der Waals surface area contributed by atoms with Gasteiger partial charge in [-0.3, -0.25) is 0 Å². The van der Waals surface area contributed by atoms with Crippen LogP contribution in [0.4, 0.5) is 5.69 Å². The Morgan fingerprint density at radius 1 is 1.47 bits per heavy atom. The first-order valence-corrected chi connectivity index (χ1v) is 7.36. The van der Waals surface area contributed by atoms with Crippen LogP contribution in [0.1, 0.15) is 20.3 Å². The normalized spacial score (nSPS) is 14.9. The molecule has 1 aromatic rings.